The van der Waals surface area contributed by atoms with E-state index >= 15 is 0 Å². The van der Waals surface area contributed by atoms with E-state index in [-0.39, 0.29) is 5.54 Å². The van der Waals surface area contributed by atoms with Gasteiger partial charge in [-0.2, -0.15) is 0 Å². The summed E-state index contributed by atoms with van der Waals surface area (Å²) in [5.74, 6) is 0. The fourth-order valence-corrected chi connectivity index (χ4v) is 3.69. The average molecular weight is 274 g/mol. The van der Waals surface area contributed by atoms with Crippen LogP contribution in [0.1, 0.15) is 55.8 Å². The summed E-state index contributed by atoms with van der Waals surface area (Å²) in [6, 6.07) is 7.21. The molecule has 1 fully saturated rings. The zero-order valence-corrected chi connectivity index (χ0v) is 13.8. The zero-order valence-electron chi connectivity index (χ0n) is 13.8. The van der Waals surface area contributed by atoms with E-state index in [9.17, 15) is 0 Å². The Morgan fingerprint density at radius 1 is 1.10 bits per heavy atom. The highest BCUT2D eigenvalue weighted by Gasteiger charge is 2.36. The summed E-state index contributed by atoms with van der Waals surface area (Å²) in [4.78, 5) is 2.66. The molecule has 1 saturated heterocycles. The molecule has 1 aromatic rings. The third-order valence-corrected chi connectivity index (χ3v) is 4.90. The highest BCUT2D eigenvalue weighted by Crippen LogP contribution is 2.34. The van der Waals surface area contributed by atoms with Gasteiger partial charge in [-0.05, 0) is 71.8 Å². The van der Waals surface area contributed by atoms with E-state index in [4.69, 9.17) is 0 Å². The van der Waals surface area contributed by atoms with E-state index in [1.165, 1.54) is 49.0 Å². The highest BCUT2D eigenvalue weighted by atomic mass is 15.2. The minimum Gasteiger partial charge on any atom is -0.311 e. The number of piperidine rings is 1. The molecule has 0 aliphatic carbocycles. The summed E-state index contributed by atoms with van der Waals surface area (Å²) >= 11 is 0. The number of hydrogen-bond acceptors (Lipinski definition) is 2. The van der Waals surface area contributed by atoms with Crippen LogP contribution < -0.4 is 5.32 Å². The molecule has 112 valence electrons. The van der Waals surface area contributed by atoms with Gasteiger partial charge in [-0.1, -0.05) is 30.2 Å². The van der Waals surface area contributed by atoms with Crippen LogP contribution >= 0.6 is 0 Å². The Labute approximate surface area is 124 Å². The molecule has 0 saturated carbocycles. The first-order valence-corrected chi connectivity index (χ1v) is 7.96. The van der Waals surface area contributed by atoms with E-state index in [0.717, 1.165) is 0 Å². The fourth-order valence-electron chi connectivity index (χ4n) is 3.69. The largest absolute Gasteiger partial charge is 0.311 e. The number of rotatable bonds is 4. The van der Waals surface area contributed by atoms with Crippen molar-refractivity contribution in [2.75, 3.05) is 20.1 Å². The molecular formula is C18H30N2. The summed E-state index contributed by atoms with van der Waals surface area (Å²) in [5.41, 5.74) is 4.33. The summed E-state index contributed by atoms with van der Waals surface area (Å²) < 4.78 is 0. The summed E-state index contributed by atoms with van der Waals surface area (Å²) in [7, 11) is 2.09. The van der Waals surface area contributed by atoms with Gasteiger partial charge in [0.1, 0.15) is 0 Å². The van der Waals surface area contributed by atoms with E-state index < -0.39 is 0 Å². The molecule has 1 atom stereocenters. The van der Waals surface area contributed by atoms with Crippen molar-refractivity contribution < 1.29 is 0 Å². The average Bonchev–Trinajstić information content (AvgIpc) is 2.43. The van der Waals surface area contributed by atoms with E-state index in [2.05, 4.69) is 63.2 Å². The van der Waals surface area contributed by atoms with Gasteiger partial charge in [-0.3, -0.25) is 4.90 Å². The number of nitrogens with zero attached hydrogens (tertiary/aromatic N) is 1. The molecule has 2 rings (SSSR count). The Hall–Kier alpha value is -0.860. The third kappa shape index (κ3) is 3.07. The van der Waals surface area contributed by atoms with Crippen LogP contribution in [-0.4, -0.2) is 30.6 Å². The van der Waals surface area contributed by atoms with Gasteiger partial charge in [0, 0.05) is 5.54 Å². The molecule has 1 aliphatic heterocycles. The van der Waals surface area contributed by atoms with Gasteiger partial charge in [0.15, 0.2) is 0 Å². The molecule has 0 aromatic heterocycles. The van der Waals surface area contributed by atoms with Gasteiger partial charge in [0.25, 0.3) is 0 Å². The van der Waals surface area contributed by atoms with Crippen LogP contribution in [0.15, 0.2) is 18.2 Å². The maximum Gasteiger partial charge on any atom is 0.0501 e. The lowest BCUT2D eigenvalue weighted by Gasteiger charge is -2.46. The molecule has 0 radical (unpaired) electrons. The van der Waals surface area contributed by atoms with Crippen molar-refractivity contribution in [3.63, 3.8) is 0 Å². The van der Waals surface area contributed by atoms with Gasteiger partial charge < -0.3 is 5.32 Å². The monoisotopic (exact) mass is 274 g/mol. The molecule has 0 bridgehead atoms. The molecule has 0 spiro atoms. The Morgan fingerprint density at radius 3 is 2.30 bits per heavy atom. The van der Waals surface area contributed by atoms with Gasteiger partial charge >= 0.3 is 0 Å². The normalized spacial score (nSPS) is 19.1. The number of likely N-dealkylation sites (tertiary alicyclic amines) is 1. The smallest absolute Gasteiger partial charge is 0.0501 e. The van der Waals surface area contributed by atoms with Crippen molar-refractivity contribution in [3.05, 3.63) is 34.9 Å². The number of hydrogen-bond donors (Lipinski definition) is 1. The van der Waals surface area contributed by atoms with Crippen molar-refractivity contribution in [1.82, 2.24) is 10.2 Å². The standard InChI is InChI=1S/C18H30N2/c1-14-9-10-16(15(2)13-14)17(19-5)18(3,4)20-11-7-6-8-12-20/h9-10,13,17,19H,6-8,11-12H2,1-5H3. The molecule has 1 N–H and O–H groups in total. The Kier molecular flexibility index (Phi) is 4.87. The van der Waals surface area contributed by atoms with Crippen LogP contribution in [-0.2, 0) is 0 Å². The van der Waals surface area contributed by atoms with Crippen LogP contribution in [0.3, 0.4) is 0 Å². The van der Waals surface area contributed by atoms with Crippen molar-refractivity contribution >= 4 is 0 Å². The second-order valence-electron chi connectivity index (χ2n) is 6.78. The van der Waals surface area contributed by atoms with Crippen molar-refractivity contribution in [1.29, 1.82) is 0 Å². The molecule has 2 nitrogen and oxygen atoms in total. The number of benzene rings is 1. The lowest BCUT2D eigenvalue weighted by molar-refractivity contribution is 0.0631. The van der Waals surface area contributed by atoms with Gasteiger partial charge in [-0.25, -0.2) is 0 Å². The Bertz CT molecular complexity index is 445. The SMILES string of the molecule is CNC(c1ccc(C)cc1C)C(C)(C)N1CCCCC1. The van der Waals surface area contributed by atoms with E-state index in [1.807, 2.05) is 0 Å². The lowest BCUT2D eigenvalue weighted by atomic mass is 9.83. The van der Waals surface area contributed by atoms with Crippen LogP contribution in [0.2, 0.25) is 0 Å². The Balaban J connectivity index is 2.29. The van der Waals surface area contributed by atoms with Gasteiger partial charge in [-0.15, -0.1) is 0 Å². The van der Waals surface area contributed by atoms with E-state index in [1.54, 1.807) is 0 Å². The minimum absolute atomic E-state index is 0.148. The van der Waals surface area contributed by atoms with Crippen LogP contribution in [0.5, 0.6) is 0 Å². The predicted molar refractivity (Wildman–Crippen MR) is 87.2 cm³/mol. The summed E-state index contributed by atoms with van der Waals surface area (Å²) in [5, 5.41) is 3.57. The molecule has 1 aliphatic rings. The minimum atomic E-state index is 0.148. The van der Waals surface area contributed by atoms with Crippen LogP contribution in [0, 0.1) is 13.8 Å². The number of nitrogens with one attached hydrogen (secondary N) is 1. The second kappa shape index (κ2) is 6.28. The van der Waals surface area contributed by atoms with Crippen molar-refractivity contribution in [3.8, 4) is 0 Å². The maximum absolute atomic E-state index is 3.57. The van der Waals surface area contributed by atoms with Crippen molar-refractivity contribution in [2.24, 2.45) is 0 Å². The first kappa shape index (κ1) is 15.5. The first-order valence-electron chi connectivity index (χ1n) is 7.96. The van der Waals surface area contributed by atoms with Crippen LogP contribution in [0.25, 0.3) is 0 Å². The maximum atomic E-state index is 3.57. The van der Waals surface area contributed by atoms with E-state index in [0.29, 0.717) is 6.04 Å². The molecule has 1 heterocycles. The highest BCUT2D eigenvalue weighted by molar-refractivity contribution is 5.34. The topological polar surface area (TPSA) is 15.3 Å². The quantitative estimate of drug-likeness (QED) is 0.897. The zero-order chi connectivity index (χ0) is 14.8. The summed E-state index contributed by atoms with van der Waals surface area (Å²) in [6.07, 6.45) is 4.07. The second-order valence-corrected chi connectivity index (χ2v) is 6.78. The van der Waals surface area contributed by atoms with Crippen molar-refractivity contribution in [2.45, 2.75) is 58.5 Å². The number of likely N-dealkylation sites (N-methyl/N-ethyl adjacent to an activating group) is 1. The molecule has 1 unspecified atom stereocenters. The number of aryl methyl sites for hydroxylation is 2. The molecule has 1 aromatic carbocycles. The lowest BCUT2D eigenvalue weighted by Crippen LogP contribution is -2.53. The molecule has 20 heavy (non-hydrogen) atoms. The Morgan fingerprint density at radius 2 is 1.75 bits per heavy atom. The summed E-state index contributed by atoms with van der Waals surface area (Å²) in [6.45, 7) is 11.6. The molecular weight excluding hydrogens is 244 g/mol. The molecule has 2 heteroatoms. The van der Waals surface area contributed by atoms with Gasteiger partial charge in [0.2, 0.25) is 0 Å². The first-order chi connectivity index (χ1) is 9.46. The third-order valence-electron chi connectivity index (χ3n) is 4.90. The molecule has 0 amide bonds. The van der Waals surface area contributed by atoms with Gasteiger partial charge in [0.05, 0.1) is 6.04 Å². The predicted octanol–water partition coefficient (Wildman–Crippen LogP) is 3.83. The van der Waals surface area contributed by atoms with Crippen LogP contribution in [0.4, 0.5) is 0 Å². The fraction of sp³-hybridized carbons (Fsp3) is 0.667.